The molecule has 6 heteroatoms. The molecule has 2 aliphatic rings. The standard InChI is InChI=1S/C10H19N3O.2ClH/c1-7-3-2-4-13(7)6-10(14)12-9-5-8(9)11;;/h7-9H,2-6,11H2,1H3,(H,12,14);2*1H. The molecule has 1 aliphatic heterocycles. The first-order chi connectivity index (χ1) is 6.66. The zero-order valence-electron chi connectivity index (χ0n) is 9.52. The highest BCUT2D eigenvalue weighted by Crippen LogP contribution is 2.18. The van der Waals surface area contributed by atoms with Gasteiger partial charge >= 0.3 is 0 Å². The SMILES string of the molecule is CC1CCCN1CC(=O)NC1CC1N.Cl.Cl. The van der Waals surface area contributed by atoms with Gasteiger partial charge in [-0.05, 0) is 32.7 Å². The molecule has 0 radical (unpaired) electrons. The van der Waals surface area contributed by atoms with Crippen LogP contribution in [-0.2, 0) is 4.79 Å². The van der Waals surface area contributed by atoms with E-state index in [4.69, 9.17) is 5.73 Å². The number of hydrogen-bond donors (Lipinski definition) is 2. The molecule has 0 spiro atoms. The molecule has 3 unspecified atom stereocenters. The summed E-state index contributed by atoms with van der Waals surface area (Å²) in [5.74, 6) is 0.136. The van der Waals surface area contributed by atoms with Crippen molar-refractivity contribution < 1.29 is 4.79 Å². The Morgan fingerprint density at radius 1 is 1.50 bits per heavy atom. The molecule has 3 N–H and O–H groups in total. The van der Waals surface area contributed by atoms with Gasteiger partial charge in [0.1, 0.15) is 0 Å². The van der Waals surface area contributed by atoms with Crippen molar-refractivity contribution in [2.75, 3.05) is 13.1 Å². The summed E-state index contributed by atoms with van der Waals surface area (Å²) < 4.78 is 0. The van der Waals surface area contributed by atoms with Crippen LogP contribution >= 0.6 is 24.8 Å². The van der Waals surface area contributed by atoms with Crippen LogP contribution in [0.15, 0.2) is 0 Å². The topological polar surface area (TPSA) is 58.4 Å². The Morgan fingerprint density at radius 2 is 2.12 bits per heavy atom. The minimum Gasteiger partial charge on any atom is -0.351 e. The van der Waals surface area contributed by atoms with Gasteiger partial charge in [0, 0.05) is 18.1 Å². The Labute approximate surface area is 109 Å². The van der Waals surface area contributed by atoms with Gasteiger partial charge in [-0.2, -0.15) is 0 Å². The Balaban J connectivity index is 0.00000112. The van der Waals surface area contributed by atoms with Gasteiger partial charge in [-0.15, -0.1) is 24.8 Å². The van der Waals surface area contributed by atoms with E-state index >= 15 is 0 Å². The zero-order chi connectivity index (χ0) is 10.1. The summed E-state index contributed by atoms with van der Waals surface area (Å²) in [6.45, 7) is 3.79. The first-order valence-electron chi connectivity index (χ1n) is 5.46. The maximum Gasteiger partial charge on any atom is 0.234 e. The van der Waals surface area contributed by atoms with Crippen LogP contribution in [0.3, 0.4) is 0 Å². The molecule has 0 bridgehead atoms. The number of nitrogens with one attached hydrogen (secondary N) is 1. The predicted molar refractivity (Wildman–Crippen MR) is 69.3 cm³/mol. The molecule has 96 valence electrons. The largest absolute Gasteiger partial charge is 0.351 e. The van der Waals surface area contributed by atoms with Crippen LogP contribution in [-0.4, -0.2) is 42.0 Å². The molecule has 1 aliphatic carbocycles. The van der Waals surface area contributed by atoms with E-state index in [0.29, 0.717) is 12.6 Å². The van der Waals surface area contributed by atoms with Gasteiger partial charge < -0.3 is 11.1 Å². The Kier molecular flexibility index (Phi) is 6.63. The molecule has 1 amide bonds. The summed E-state index contributed by atoms with van der Waals surface area (Å²) >= 11 is 0. The number of nitrogens with zero attached hydrogens (tertiary/aromatic N) is 1. The van der Waals surface area contributed by atoms with E-state index in [2.05, 4.69) is 17.1 Å². The van der Waals surface area contributed by atoms with E-state index in [1.165, 1.54) is 12.8 Å². The van der Waals surface area contributed by atoms with Crippen molar-refractivity contribution >= 4 is 30.7 Å². The Hall–Kier alpha value is -0.0300. The molecule has 2 fully saturated rings. The maximum absolute atomic E-state index is 11.5. The number of likely N-dealkylation sites (tertiary alicyclic amines) is 1. The lowest BCUT2D eigenvalue weighted by molar-refractivity contribution is -0.122. The van der Waals surface area contributed by atoms with Crippen LogP contribution in [0.1, 0.15) is 26.2 Å². The van der Waals surface area contributed by atoms with Gasteiger partial charge in [0.25, 0.3) is 0 Å². The number of halogens is 2. The molecule has 0 aromatic heterocycles. The van der Waals surface area contributed by atoms with Gasteiger partial charge in [-0.1, -0.05) is 0 Å². The van der Waals surface area contributed by atoms with Gasteiger partial charge in [0.2, 0.25) is 5.91 Å². The van der Waals surface area contributed by atoms with Crippen molar-refractivity contribution in [2.24, 2.45) is 5.73 Å². The van der Waals surface area contributed by atoms with Crippen molar-refractivity contribution in [3.8, 4) is 0 Å². The van der Waals surface area contributed by atoms with Crippen molar-refractivity contribution in [1.82, 2.24) is 10.2 Å². The van der Waals surface area contributed by atoms with Gasteiger partial charge in [0.15, 0.2) is 0 Å². The van der Waals surface area contributed by atoms with Crippen LogP contribution in [0.4, 0.5) is 0 Å². The number of carbonyl (C=O) groups excluding carboxylic acids is 1. The number of carbonyl (C=O) groups is 1. The quantitative estimate of drug-likeness (QED) is 0.786. The average molecular weight is 270 g/mol. The number of hydrogen-bond acceptors (Lipinski definition) is 3. The number of amides is 1. The fourth-order valence-corrected chi connectivity index (χ4v) is 2.05. The first-order valence-corrected chi connectivity index (χ1v) is 5.46. The second-order valence-electron chi connectivity index (χ2n) is 4.54. The lowest BCUT2D eigenvalue weighted by atomic mass is 10.2. The highest BCUT2D eigenvalue weighted by atomic mass is 35.5. The molecule has 0 aromatic carbocycles. The van der Waals surface area contributed by atoms with Crippen LogP contribution in [0.2, 0.25) is 0 Å². The lowest BCUT2D eigenvalue weighted by Crippen LogP contribution is -2.40. The van der Waals surface area contributed by atoms with E-state index in [-0.39, 0.29) is 42.8 Å². The van der Waals surface area contributed by atoms with Crippen molar-refractivity contribution in [2.45, 2.75) is 44.3 Å². The highest BCUT2D eigenvalue weighted by molar-refractivity contribution is 5.85. The summed E-state index contributed by atoms with van der Waals surface area (Å²) in [6, 6.07) is 1.02. The van der Waals surface area contributed by atoms with Crippen molar-refractivity contribution in [3.63, 3.8) is 0 Å². The summed E-state index contributed by atoms with van der Waals surface area (Å²) in [7, 11) is 0. The first kappa shape index (κ1) is 16.0. The summed E-state index contributed by atoms with van der Waals surface area (Å²) in [5.41, 5.74) is 5.62. The molecular weight excluding hydrogens is 249 g/mol. The summed E-state index contributed by atoms with van der Waals surface area (Å²) in [4.78, 5) is 13.8. The smallest absolute Gasteiger partial charge is 0.234 e. The third-order valence-electron chi connectivity index (χ3n) is 3.22. The fraction of sp³-hybridized carbons (Fsp3) is 0.900. The molecule has 2 rings (SSSR count). The molecule has 3 atom stereocenters. The van der Waals surface area contributed by atoms with E-state index in [0.717, 1.165) is 13.0 Å². The summed E-state index contributed by atoms with van der Waals surface area (Å²) in [6.07, 6.45) is 3.38. The second-order valence-corrected chi connectivity index (χ2v) is 4.54. The van der Waals surface area contributed by atoms with E-state index in [1.54, 1.807) is 0 Å². The van der Waals surface area contributed by atoms with E-state index in [9.17, 15) is 4.79 Å². The van der Waals surface area contributed by atoms with E-state index in [1.807, 2.05) is 0 Å². The molecule has 0 aromatic rings. The van der Waals surface area contributed by atoms with Crippen LogP contribution in [0, 0.1) is 0 Å². The lowest BCUT2D eigenvalue weighted by Gasteiger charge is -2.19. The monoisotopic (exact) mass is 269 g/mol. The second kappa shape index (κ2) is 6.64. The molecule has 16 heavy (non-hydrogen) atoms. The third-order valence-corrected chi connectivity index (χ3v) is 3.22. The number of nitrogens with two attached hydrogens (primary N) is 1. The van der Waals surface area contributed by atoms with Crippen molar-refractivity contribution in [3.05, 3.63) is 0 Å². The van der Waals surface area contributed by atoms with Gasteiger partial charge in [0.05, 0.1) is 6.54 Å². The molecule has 4 nitrogen and oxygen atoms in total. The maximum atomic E-state index is 11.5. The van der Waals surface area contributed by atoms with E-state index < -0.39 is 0 Å². The van der Waals surface area contributed by atoms with Gasteiger partial charge in [-0.3, -0.25) is 9.69 Å². The van der Waals surface area contributed by atoms with Crippen LogP contribution in [0.25, 0.3) is 0 Å². The molecule has 1 saturated carbocycles. The number of rotatable bonds is 3. The van der Waals surface area contributed by atoms with Crippen LogP contribution < -0.4 is 11.1 Å². The molecule has 1 heterocycles. The molecular formula is C10H21Cl2N3O. The van der Waals surface area contributed by atoms with Crippen LogP contribution in [0.5, 0.6) is 0 Å². The average Bonchev–Trinajstić information content (AvgIpc) is 2.63. The summed E-state index contributed by atoms with van der Waals surface area (Å²) in [5, 5.41) is 2.95. The minimum absolute atomic E-state index is 0. The predicted octanol–water partition coefficient (Wildman–Crippen LogP) is 0.530. The fourth-order valence-electron chi connectivity index (χ4n) is 2.05. The van der Waals surface area contributed by atoms with Crippen molar-refractivity contribution in [1.29, 1.82) is 0 Å². The normalized spacial score (nSPS) is 32.5. The minimum atomic E-state index is 0. The highest BCUT2D eigenvalue weighted by Gasteiger charge is 2.35. The third kappa shape index (κ3) is 4.09. The Morgan fingerprint density at radius 3 is 2.56 bits per heavy atom. The van der Waals surface area contributed by atoms with Gasteiger partial charge in [-0.25, -0.2) is 0 Å². The molecule has 1 saturated heterocycles. The zero-order valence-corrected chi connectivity index (χ0v) is 11.1. The Bertz CT molecular complexity index is 240.